The molecule has 1 heterocycles. The van der Waals surface area contributed by atoms with Crippen LogP contribution in [0.3, 0.4) is 0 Å². The third kappa shape index (κ3) is 4.65. The van der Waals surface area contributed by atoms with Crippen LogP contribution in [0.15, 0.2) is 30.3 Å². The van der Waals surface area contributed by atoms with Crippen LogP contribution < -0.4 is 14.2 Å². The van der Waals surface area contributed by atoms with Crippen LogP contribution in [0.5, 0.6) is 17.2 Å². The molecule has 6 nitrogen and oxygen atoms in total. The van der Waals surface area contributed by atoms with Gasteiger partial charge in [0.2, 0.25) is 0 Å². The molecule has 150 valence electrons. The molecule has 1 atom stereocenters. The molecule has 0 aliphatic rings. The number of benzene rings is 2. The first-order chi connectivity index (χ1) is 14.0. The first-order valence-corrected chi connectivity index (χ1v) is 10.3. The lowest BCUT2D eigenvalue weighted by molar-refractivity contribution is 0.206. The van der Waals surface area contributed by atoms with Crippen molar-refractivity contribution < 1.29 is 14.2 Å². The van der Waals surface area contributed by atoms with Gasteiger partial charge in [-0.05, 0) is 71.8 Å². The highest BCUT2D eigenvalue weighted by molar-refractivity contribution is 14.1. The lowest BCUT2D eigenvalue weighted by Gasteiger charge is -2.17. The van der Waals surface area contributed by atoms with Crippen LogP contribution in [-0.2, 0) is 0 Å². The number of hydrogen-bond donors (Lipinski definition) is 1. The first-order valence-electron chi connectivity index (χ1n) is 9.19. The Morgan fingerprint density at radius 2 is 2.07 bits per heavy atom. The molecule has 0 aliphatic carbocycles. The van der Waals surface area contributed by atoms with Gasteiger partial charge in [-0.2, -0.15) is 5.26 Å². The number of aromatic amines is 1. The van der Waals surface area contributed by atoms with Crippen molar-refractivity contribution in [3.8, 4) is 23.3 Å². The van der Waals surface area contributed by atoms with Gasteiger partial charge in [0.15, 0.2) is 11.5 Å². The van der Waals surface area contributed by atoms with Crippen molar-refractivity contribution in [3.63, 3.8) is 0 Å². The Balaban J connectivity index is 2.01. The van der Waals surface area contributed by atoms with Gasteiger partial charge in [-0.25, -0.2) is 4.98 Å². The SMILES string of the molecule is CC[C@@H](C)Oc1c(I)cc(/C=C(/C#N)c2nc3ccc(OC)cc3[nH]2)cc1OC. The maximum absolute atomic E-state index is 9.71. The van der Waals surface area contributed by atoms with Crippen molar-refractivity contribution in [1.82, 2.24) is 9.97 Å². The summed E-state index contributed by atoms with van der Waals surface area (Å²) in [7, 11) is 3.23. The molecule has 0 bridgehead atoms. The second-order valence-electron chi connectivity index (χ2n) is 6.51. The molecule has 0 unspecified atom stereocenters. The largest absolute Gasteiger partial charge is 0.497 e. The summed E-state index contributed by atoms with van der Waals surface area (Å²) < 4.78 is 17.7. The summed E-state index contributed by atoms with van der Waals surface area (Å²) in [5.74, 6) is 2.58. The normalized spacial score (nSPS) is 12.5. The van der Waals surface area contributed by atoms with Gasteiger partial charge < -0.3 is 19.2 Å². The molecule has 3 aromatic rings. The van der Waals surface area contributed by atoms with Gasteiger partial charge >= 0.3 is 0 Å². The van der Waals surface area contributed by atoms with Crippen molar-refractivity contribution in [2.24, 2.45) is 0 Å². The Morgan fingerprint density at radius 3 is 2.72 bits per heavy atom. The molecule has 1 aromatic heterocycles. The molecule has 0 amide bonds. The summed E-state index contributed by atoms with van der Waals surface area (Å²) in [6.45, 7) is 4.09. The number of fused-ring (bicyclic) bond motifs is 1. The number of nitriles is 1. The van der Waals surface area contributed by atoms with E-state index in [1.54, 1.807) is 20.3 Å². The van der Waals surface area contributed by atoms with Crippen LogP contribution in [0, 0.1) is 14.9 Å². The summed E-state index contributed by atoms with van der Waals surface area (Å²) in [6, 6.07) is 11.6. The number of rotatable bonds is 7. The minimum Gasteiger partial charge on any atom is -0.497 e. The van der Waals surface area contributed by atoms with Gasteiger partial charge in [0.1, 0.15) is 17.6 Å². The number of allylic oxidation sites excluding steroid dienone is 1. The molecule has 0 spiro atoms. The monoisotopic (exact) mass is 503 g/mol. The van der Waals surface area contributed by atoms with Crippen molar-refractivity contribution in [1.29, 1.82) is 5.26 Å². The van der Waals surface area contributed by atoms with E-state index < -0.39 is 0 Å². The first kappa shape index (κ1) is 21.0. The molecule has 0 radical (unpaired) electrons. The molecule has 29 heavy (non-hydrogen) atoms. The van der Waals surface area contributed by atoms with Crippen molar-refractivity contribution in [3.05, 3.63) is 45.3 Å². The van der Waals surface area contributed by atoms with E-state index in [2.05, 4.69) is 45.6 Å². The number of methoxy groups -OCH3 is 2. The highest BCUT2D eigenvalue weighted by Gasteiger charge is 2.15. The van der Waals surface area contributed by atoms with E-state index in [4.69, 9.17) is 14.2 Å². The Morgan fingerprint density at radius 1 is 1.28 bits per heavy atom. The standard InChI is InChI=1S/C22H22IN3O3/c1-5-13(2)29-21-17(23)9-14(10-20(21)28-4)8-15(12-24)22-25-18-7-6-16(27-3)11-19(18)26-22/h6-11,13H,5H2,1-4H3,(H,25,26)/b15-8-/t13-/m1/s1. The zero-order valence-corrected chi connectivity index (χ0v) is 18.9. The number of imidazole rings is 1. The van der Waals surface area contributed by atoms with E-state index in [1.807, 2.05) is 37.3 Å². The third-order valence-corrected chi connectivity index (χ3v) is 5.32. The average molecular weight is 503 g/mol. The zero-order chi connectivity index (χ0) is 21.0. The van der Waals surface area contributed by atoms with E-state index in [0.29, 0.717) is 22.9 Å². The van der Waals surface area contributed by atoms with Crippen LogP contribution in [0.25, 0.3) is 22.7 Å². The Kier molecular flexibility index (Phi) is 6.64. The van der Waals surface area contributed by atoms with Gasteiger partial charge in [-0.15, -0.1) is 0 Å². The van der Waals surface area contributed by atoms with Gasteiger partial charge in [-0.3, -0.25) is 0 Å². The van der Waals surface area contributed by atoms with E-state index in [1.165, 1.54) is 0 Å². The Bertz CT molecular complexity index is 1100. The summed E-state index contributed by atoms with van der Waals surface area (Å²) in [4.78, 5) is 7.72. The molecule has 0 saturated heterocycles. The molecular formula is C22H22IN3O3. The van der Waals surface area contributed by atoms with Crippen LogP contribution in [-0.4, -0.2) is 30.3 Å². The Hall–Kier alpha value is -2.73. The molecule has 0 aliphatic heterocycles. The van der Waals surface area contributed by atoms with Crippen LogP contribution >= 0.6 is 22.6 Å². The maximum atomic E-state index is 9.71. The molecular weight excluding hydrogens is 481 g/mol. The fourth-order valence-corrected chi connectivity index (χ4v) is 3.54. The third-order valence-electron chi connectivity index (χ3n) is 4.52. The molecule has 3 rings (SSSR count). The van der Waals surface area contributed by atoms with E-state index >= 15 is 0 Å². The van der Waals surface area contributed by atoms with Gasteiger partial charge in [0, 0.05) is 6.07 Å². The van der Waals surface area contributed by atoms with Gasteiger partial charge in [0.05, 0.1) is 40.5 Å². The maximum Gasteiger partial charge on any atom is 0.174 e. The highest BCUT2D eigenvalue weighted by atomic mass is 127. The smallest absolute Gasteiger partial charge is 0.174 e. The van der Waals surface area contributed by atoms with Gasteiger partial charge in [-0.1, -0.05) is 6.92 Å². The highest BCUT2D eigenvalue weighted by Crippen LogP contribution is 2.36. The van der Waals surface area contributed by atoms with Crippen LogP contribution in [0.4, 0.5) is 0 Å². The van der Waals surface area contributed by atoms with E-state index in [9.17, 15) is 5.26 Å². The fraction of sp³-hybridized carbons (Fsp3) is 0.273. The summed E-state index contributed by atoms with van der Waals surface area (Å²) in [5.41, 5.74) is 2.84. The topological polar surface area (TPSA) is 80.2 Å². The number of H-pyrrole nitrogens is 1. The lowest BCUT2D eigenvalue weighted by atomic mass is 10.1. The number of halogens is 1. The van der Waals surface area contributed by atoms with Crippen molar-refractivity contribution in [2.45, 2.75) is 26.4 Å². The number of nitrogens with one attached hydrogen (secondary N) is 1. The van der Waals surface area contributed by atoms with Crippen LogP contribution in [0.2, 0.25) is 0 Å². The summed E-state index contributed by atoms with van der Waals surface area (Å²) in [5, 5.41) is 9.71. The summed E-state index contributed by atoms with van der Waals surface area (Å²) in [6.07, 6.45) is 2.77. The molecule has 2 aromatic carbocycles. The minimum atomic E-state index is 0.0843. The van der Waals surface area contributed by atoms with Gasteiger partial charge in [0.25, 0.3) is 0 Å². The predicted molar refractivity (Wildman–Crippen MR) is 122 cm³/mol. The quantitative estimate of drug-likeness (QED) is 0.344. The fourth-order valence-electron chi connectivity index (χ4n) is 2.79. The van der Waals surface area contributed by atoms with Crippen molar-refractivity contribution >= 4 is 45.3 Å². The average Bonchev–Trinajstić information content (AvgIpc) is 3.16. The lowest BCUT2D eigenvalue weighted by Crippen LogP contribution is -2.11. The minimum absolute atomic E-state index is 0.0843. The number of aromatic nitrogens is 2. The second kappa shape index (κ2) is 9.18. The summed E-state index contributed by atoms with van der Waals surface area (Å²) >= 11 is 2.22. The van der Waals surface area contributed by atoms with Crippen LogP contribution in [0.1, 0.15) is 31.7 Å². The number of ether oxygens (including phenoxy) is 3. The van der Waals surface area contributed by atoms with Crippen molar-refractivity contribution in [2.75, 3.05) is 14.2 Å². The molecule has 0 saturated carbocycles. The molecule has 7 heteroatoms. The molecule has 1 N–H and O–H groups in total. The Labute approximate surface area is 183 Å². The number of hydrogen-bond acceptors (Lipinski definition) is 5. The predicted octanol–water partition coefficient (Wildman–Crippen LogP) is 5.43. The second-order valence-corrected chi connectivity index (χ2v) is 7.67. The number of nitrogens with zero attached hydrogens (tertiary/aromatic N) is 2. The molecule has 0 fully saturated rings. The van der Waals surface area contributed by atoms with E-state index in [-0.39, 0.29) is 6.10 Å². The van der Waals surface area contributed by atoms with E-state index in [0.717, 1.165) is 32.3 Å². The zero-order valence-electron chi connectivity index (χ0n) is 16.7.